The molecule has 4 heteroatoms. The number of hydrogen-bond donors (Lipinski definition) is 1. The van der Waals surface area contributed by atoms with Crippen molar-refractivity contribution < 1.29 is 9.57 Å². The van der Waals surface area contributed by atoms with Gasteiger partial charge in [-0.25, -0.2) is 5.48 Å². The SMILES string of the molecule is CONC(=S)OC(C)C. The van der Waals surface area contributed by atoms with Crippen molar-refractivity contribution in [3.8, 4) is 0 Å². The molecule has 0 aliphatic carbocycles. The average molecular weight is 149 g/mol. The van der Waals surface area contributed by atoms with Crippen molar-refractivity contribution in [3.63, 3.8) is 0 Å². The monoisotopic (exact) mass is 149 g/mol. The van der Waals surface area contributed by atoms with Gasteiger partial charge in [0.2, 0.25) is 0 Å². The summed E-state index contributed by atoms with van der Waals surface area (Å²) in [6.45, 7) is 3.78. The van der Waals surface area contributed by atoms with Gasteiger partial charge in [0.25, 0.3) is 5.17 Å². The second-order valence-electron chi connectivity index (χ2n) is 1.76. The van der Waals surface area contributed by atoms with Crippen molar-refractivity contribution in [2.75, 3.05) is 7.11 Å². The van der Waals surface area contributed by atoms with E-state index < -0.39 is 0 Å². The fourth-order valence-corrected chi connectivity index (χ4v) is 0.597. The highest BCUT2D eigenvalue weighted by molar-refractivity contribution is 7.80. The summed E-state index contributed by atoms with van der Waals surface area (Å²) in [4.78, 5) is 4.49. The molecule has 0 saturated heterocycles. The van der Waals surface area contributed by atoms with Gasteiger partial charge in [-0.05, 0) is 26.1 Å². The molecule has 1 N–H and O–H groups in total. The molecule has 0 radical (unpaired) electrons. The third-order valence-electron chi connectivity index (χ3n) is 0.528. The van der Waals surface area contributed by atoms with Crippen LogP contribution in [0.5, 0.6) is 0 Å². The lowest BCUT2D eigenvalue weighted by Gasteiger charge is -2.09. The van der Waals surface area contributed by atoms with Crippen molar-refractivity contribution in [3.05, 3.63) is 0 Å². The number of ether oxygens (including phenoxy) is 1. The summed E-state index contributed by atoms with van der Waals surface area (Å²) in [7, 11) is 1.48. The Kier molecular flexibility index (Phi) is 4.35. The van der Waals surface area contributed by atoms with E-state index in [1.165, 1.54) is 7.11 Å². The molecule has 0 saturated carbocycles. The molecule has 0 bridgehead atoms. The summed E-state index contributed by atoms with van der Waals surface area (Å²) in [5, 5.41) is 0.271. The maximum Gasteiger partial charge on any atom is 0.281 e. The molecule has 0 heterocycles. The van der Waals surface area contributed by atoms with E-state index >= 15 is 0 Å². The number of nitrogens with one attached hydrogen (secondary N) is 1. The van der Waals surface area contributed by atoms with E-state index in [1.807, 2.05) is 13.8 Å². The van der Waals surface area contributed by atoms with Crippen molar-refractivity contribution >= 4 is 17.4 Å². The molecular weight excluding hydrogens is 138 g/mol. The Balaban J connectivity index is 3.27. The van der Waals surface area contributed by atoms with Crippen LogP contribution in [0.2, 0.25) is 0 Å². The van der Waals surface area contributed by atoms with E-state index in [4.69, 9.17) is 4.74 Å². The summed E-state index contributed by atoms with van der Waals surface area (Å²) in [5.74, 6) is 0. The summed E-state index contributed by atoms with van der Waals surface area (Å²) in [6, 6.07) is 0. The van der Waals surface area contributed by atoms with Gasteiger partial charge in [-0.2, -0.15) is 0 Å². The Morgan fingerprint density at radius 1 is 1.56 bits per heavy atom. The molecule has 0 aromatic heterocycles. The molecule has 0 atom stereocenters. The minimum Gasteiger partial charge on any atom is -0.467 e. The topological polar surface area (TPSA) is 30.5 Å². The van der Waals surface area contributed by atoms with E-state index in [0.717, 1.165) is 0 Å². The van der Waals surface area contributed by atoms with Gasteiger partial charge in [-0.15, -0.1) is 0 Å². The van der Waals surface area contributed by atoms with Crippen LogP contribution in [0.25, 0.3) is 0 Å². The number of hydroxylamine groups is 1. The van der Waals surface area contributed by atoms with Crippen LogP contribution in [0.1, 0.15) is 13.8 Å². The third kappa shape index (κ3) is 5.52. The predicted molar refractivity (Wildman–Crippen MR) is 39.0 cm³/mol. The van der Waals surface area contributed by atoms with Gasteiger partial charge in [-0.1, -0.05) is 0 Å². The first-order chi connectivity index (χ1) is 4.16. The number of hydrogen-bond acceptors (Lipinski definition) is 3. The van der Waals surface area contributed by atoms with E-state index in [9.17, 15) is 0 Å². The lowest BCUT2D eigenvalue weighted by molar-refractivity contribution is 0.106. The summed E-state index contributed by atoms with van der Waals surface area (Å²) >= 11 is 4.67. The highest BCUT2D eigenvalue weighted by Gasteiger charge is 1.96. The Bertz CT molecular complexity index is 95.0. The summed E-state index contributed by atoms with van der Waals surface area (Å²) in [5.41, 5.74) is 2.39. The molecule has 0 aromatic carbocycles. The largest absolute Gasteiger partial charge is 0.467 e. The first-order valence-electron chi connectivity index (χ1n) is 2.66. The minimum absolute atomic E-state index is 0.0974. The van der Waals surface area contributed by atoms with Crippen molar-refractivity contribution in [1.82, 2.24) is 5.48 Å². The first-order valence-corrected chi connectivity index (χ1v) is 3.07. The minimum atomic E-state index is 0.0974. The van der Waals surface area contributed by atoms with Crippen LogP contribution in [0.3, 0.4) is 0 Å². The lowest BCUT2D eigenvalue weighted by Crippen LogP contribution is -2.25. The Labute approximate surface area is 60.3 Å². The van der Waals surface area contributed by atoms with Crippen molar-refractivity contribution in [1.29, 1.82) is 0 Å². The van der Waals surface area contributed by atoms with Gasteiger partial charge in [0.1, 0.15) is 0 Å². The van der Waals surface area contributed by atoms with Gasteiger partial charge in [0.15, 0.2) is 0 Å². The smallest absolute Gasteiger partial charge is 0.281 e. The third-order valence-corrected chi connectivity index (χ3v) is 0.708. The van der Waals surface area contributed by atoms with Crippen LogP contribution in [0, 0.1) is 0 Å². The van der Waals surface area contributed by atoms with Crippen LogP contribution in [-0.4, -0.2) is 18.4 Å². The van der Waals surface area contributed by atoms with E-state index in [1.54, 1.807) is 0 Å². The van der Waals surface area contributed by atoms with Crippen LogP contribution >= 0.6 is 12.2 Å². The second-order valence-corrected chi connectivity index (χ2v) is 2.13. The second kappa shape index (κ2) is 4.52. The van der Waals surface area contributed by atoms with Gasteiger partial charge < -0.3 is 4.74 Å². The quantitative estimate of drug-likeness (QED) is 0.465. The molecule has 0 fully saturated rings. The maximum atomic E-state index is 4.99. The number of rotatable bonds is 2. The lowest BCUT2D eigenvalue weighted by atomic mass is 10.5. The Hall–Kier alpha value is -0.350. The fraction of sp³-hybridized carbons (Fsp3) is 0.800. The molecule has 0 aliphatic heterocycles. The maximum absolute atomic E-state index is 4.99. The Morgan fingerprint density at radius 2 is 2.11 bits per heavy atom. The standard InChI is InChI=1S/C5H11NO2S/c1-4(2)8-5(9)6-7-3/h4H,1-3H3,(H,6,9). The highest BCUT2D eigenvalue weighted by atomic mass is 32.1. The molecule has 0 unspecified atom stereocenters. The molecule has 0 rings (SSSR count). The van der Waals surface area contributed by atoms with Crippen molar-refractivity contribution in [2.45, 2.75) is 20.0 Å². The van der Waals surface area contributed by atoms with Gasteiger partial charge in [0.05, 0.1) is 13.2 Å². The predicted octanol–water partition coefficient (Wildman–Crippen LogP) is 0.847. The molecule has 54 valence electrons. The van der Waals surface area contributed by atoms with Crippen LogP contribution in [0.4, 0.5) is 0 Å². The van der Waals surface area contributed by atoms with Gasteiger partial charge in [-0.3, -0.25) is 4.84 Å². The molecule has 0 spiro atoms. The van der Waals surface area contributed by atoms with Crippen molar-refractivity contribution in [2.24, 2.45) is 0 Å². The van der Waals surface area contributed by atoms with Gasteiger partial charge >= 0.3 is 0 Å². The zero-order chi connectivity index (χ0) is 7.28. The van der Waals surface area contributed by atoms with Crippen LogP contribution in [-0.2, 0) is 9.57 Å². The molecule has 0 aromatic rings. The van der Waals surface area contributed by atoms with E-state index in [-0.39, 0.29) is 11.3 Å². The van der Waals surface area contributed by atoms with Gasteiger partial charge in [0, 0.05) is 0 Å². The molecule has 0 aliphatic rings. The Morgan fingerprint density at radius 3 is 2.44 bits per heavy atom. The summed E-state index contributed by atoms with van der Waals surface area (Å²) in [6.07, 6.45) is 0.0974. The normalized spacial score (nSPS) is 9.33. The summed E-state index contributed by atoms with van der Waals surface area (Å²) < 4.78 is 4.99. The highest BCUT2D eigenvalue weighted by Crippen LogP contribution is 1.87. The fourth-order valence-electron chi connectivity index (χ4n) is 0.321. The van der Waals surface area contributed by atoms with E-state index in [2.05, 4.69) is 22.5 Å². The number of thiocarbonyl (C=S) groups is 1. The van der Waals surface area contributed by atoms with Crippen LogP contribution < -0.4 is 5.48 Å². The van der Waals surface area contributed by atoms with Crippen LogP contribution in [0.15, 0.2) is 0 Å². The zero-order valence-electron chi connectivity index (χ0n) is 5.80. The molecule has 0 amide bonds. The van der Waals surface area contributed by atoms with E-state index in [0.29, 0.717) is 0 Å². The molecule has 9 heavy (non-hydrogen) atoms. The zero-order valence-corrected chi connectivity index (χ0v) is 6.62. The first kappa shape index (κ1) is 8.65. The molecular formula is C5H11NO2S. The average Bonchev–Trinajstić information content (AvgIpc) is 1.63. The molecule has 3 nitrogen and oxygen atoms in total.